The van der Waals surface area contributed by atoms with Crippen molar-refractivity contribution in [1.29, 1.82) is 0 Å². The molecule has 0 aromatic heterocycles. The van der Waals surface area contributed by atoms with Crippen molar-refractivity contribution in [2.24, 2.45) is 11.8 Å². The average molecular weight is 262 g/mol. The van der Waals surface area contributed by atoms with Crippen molar-refractivity contribution in [2.75, 3.05) is 13.1 Å². The number of nitrogens with zero attached hydrogens (tertiary/aromatic N) is 2. The van der Waals surface area contributed by atoms with Crippen molar-refractivity contribution >= 4 is 23.9 Å². The lowest BCUT2D eigenvalue weighted by atomic mass is 10.1. The van der Waals surface area contributed by atoms with Crippen molar-refractivity contribution < 1.29 is 44.3 Å². The summed E-state index contributed by atoms with van der Waals surface area (Å²) in [7, 11) is 0. The molecule has 0 radical (unpaired) electrons. The first-order chi connectivity index (χ1) is 8.16. The number of carboxylic acids is 4. The minimum atomic E-state index is -1.99. The average Bonchev–Trinajstić information content (AvgIpc) is 2.20. The molecule has 0 aliphatic heterocycles. The van der Waals surface area contributed by atoms with Crippen molar-refractivity contribution in [3.8, 4) is 0 Å². The van der Waals surface area contributed by atoms with E-state index in [1.54, 1.807) is 0 Å². The molecule has 0 aromatic rings. The third-order valence-corrected chi connectivity index (χ3v) is 1.98. The van der Waals surface area contributed by atoms with Crippen LogP contribution in [0.3, 0.4) is 0 Å². The second kappa shape index (κ2) is 6.27. The molecule has 0 unspecified atom stereocenters. The quantitative estimate of drug-likeness (QED) is 0.234. The topological polar surface area (TPSA) is 175 Å². The standard InChI is InChI=1S/C8H10N2O8/c9-10(1-3(5(11)12)6(13)14)2-4(7(15)16)8(17)18/h3-4H,1-2H2,(H,11,12)(H,13,14)(H,15,16)(H,17,18). The van der Waals surface area contributed by atoms with E-state index in [9.17, 15) is 19.2 Å². The Labute approximate surface area is 99.6 Å². The van der Waals surface area contributed by atoms with E-state index in [-0.39, 0.29) is 4.70 Å². The van der Waals surface area contributed by atoms with Gasteiger partial charge in [-0.05, 0) is 0 Å². The predicted molar refractivity (Wildman–Crippen MR) is 50.9 cm³/mol. The molecular formula is C8H10N2O8. The molecule has 0 bridgehead atoms. The lowest BCUT2D eigenvalue weighted by Gasteiger charge is -2.12. The van der Waals surface area contributed by atoms with Gasteiger partial charge in [0, 0.05) is 0 Å². The highest BCUT2D eigenvalue weighted by Crippen LogP contribution is 2.03. The summed E-state index contributed by atoms with van der Waals surface area (Å²) in [5.74, 6) is -10.9. The third-order valence-electron chi connectivity index (χ3n) is 1.98. The highest BCUT2D eigenvalue weighted by Gasteiger charge is 2.33. The molecule has 10 heteroatoms. The van der Waals surface area contributed by atoms with Crippen molar-refractivity contribution in [3.05, 3.63) is 5.53 Å². The normalized spacial score (nSPS) is 10.3. The van der Waals surface area contributed by atoms with E-state index < -0.39 is 48.8 Å². The molecule has 0 spiro atoms. The van der Waals surface area contributed by atoms with Gasteiger partial charge in [0.25, 0.3) is 0 Å². The van der Waals surface area contributed by atoms with Gasteiger partial charge in [0.1, 0.15) is 0 Å². The summed E-state index contributed by atoms with van der Waals surface area (Å²) in [5, 5.41) is 34.0. The molecule has 0 aliphatic carbocycles. The molecule has 0 rings (SSSR count). The number of hydrogen-bond acceptors (Lipinski definition) is 4. The van der Waals surface area contributed by atoms with Crippen LogP contribution in [0.2, 0.25) is 0 Å². The van der Waals surface area contributed by atoms with Crippen LogP contribution in [0.25, 0.3) is 5.53 Å². The zero-order chi connectivity index (χ0) is 14.5. The van der Waals surface area contributed by atoms with Gasteiger partial charge in [-0.1, -0.05) is 0 Å². The Balaban J connectivity index is 4.67. The van der Waals surface area contributed by atoms with Gasteiger partial charge in [-0.25, -0.2) is 0 Å². The monoisotopic (exact) mass is 262 g/mol. The zero-order valence-corrected chi connectivity index (χ0v) is 8.89. The number of rotatable bonds is 8. The summed E-state index contributed by atoms with van der Waals surface area (Å²) in [5.41, 5.74) is 9.17. The van der Waals surface area contributed by atoms with Crippen molar-refractivity contribution in [1.82, 2.24) is 0 Å². The molecule has 18 heavy (non-hydrogen) atoms. The van der Waals surface area contributed by atoms with E-state index in [2.05, 4.69) is 0 Å². The summed E-state index contributed by atoms with van der Waals surface area (Å²) in [4.78, 5) is 41.9. The van der Waals surface area contributed by atoms with Gasteiger partial charge >= 0.3 is 23.9 Å². The smallest absolute Gasteiger partial charge is 0.324 e. The Hall–Kier alpha value is -2.52. The Morgan fingerprint density at radius 3 is 1.17 bits per heavy atom. The highest BCUT2D eigenvalue weighted by atomic mass is 16.4. The van der Waals surface area contributed by atoms with E-state index in [0.717, 1.165) is 0 Å². The van der Waals surface area contributed by atoms with E-state index in [1.807, 2.05) is 0 Å². The fourth-order valence-corrected chi connectivity index (χ4v) is 1.02. The minimum absolute atomic E-state index is 0.0415. The summed E-state index contributed by atoms with van der Waals surface area (Å²) in [6.45, 7) is -1.86. The Morgan fingerprint density at radius 1 is 0.778 bits per heavy atom. The van der Waals surface area contributed by atoms with Gasteiger partial charge in [-0.15, -0.1) is 0 Å². The summed E-state index contributed by atoms with van der Waals surface area (Å²) >= 11 is 0. The van der Waals surface area contributed by atoms with Gasteiger partial charge in [0.15, 0.2) is 13.1 Å². The van der Waals surface area contributed by atoms with E-state index in [4.69, 9.17) is 26.0 Å². The van der Waals surface area contributed by atoms with Crippen LogP contribution in [0.15, 0.2) is 0 Å². The first-order valence-electron chi connectivity index (χ1n) is 4.51. The molecule has 0 atom stereocenters. The van der Waals surface area contributed by atoms with Crippen LogP contribution in [0.5, 0.6) is 0 Å². The molecule has 0 fully saturated rings. The summed E-state index contributed by atoms with van der Waals surface area (Å²) in [6, 6.07) is 0. The van der Waals surface area contributed by atoms with Crippen LogP contribution in [-0.4, -0.2) is 62.1 Å². The van der Waals surface area contributed by atoms with Crippen molar-refractivity contribution in [2.45, 2.75) is 0 Å². The molecule has 0 heterocycles. The molecule has 100 valence electrons. The highest BCUT2D eigenvalue weighted by molar-refractivity contribution is 5.93. The lowest BCUT2D eigenvalue weighted by Crippen LogP contribution is -2.37. The molecule has 10 nitrogen and oxygen atoms in total. The lowest BCUT2D eigenvalue weighted by molar-refractivity contribution is -0.555. The van der Waals surface area contributed by atoms with Gasteiger partial charge < -0.3 is 30.7 Å². The van der Waals surface area contributed by atoms with Gasteiger partial charge in [-0.2, -0.15) is 0 Å². The Kier molecular flexibility index (Phi) is 5.39. The number of carboxylic acid groups (broad SMARTS) is 4. The molecule has 0 saturated carbocycles. The first-order valence-corrected chi connectivity index (χ1v) is 4.51. The molecule has 0 amide bonds. The third kappa shape index (κ3) is 4.55. The molecule has 0 aliphatic rings. The van der Waals surface area contributed by atoms with Crippen LogP contribution < -0.4 is 0 Å². The maximum atomic E-state index is 10.5. The Morgan fingerprint density at radius 2 is 1.00 bits per heavy atom. The molecular weight excluding hydrogens is 252 g/mol. The first kappa shape index (κ1) is 15.5. The second-order valence-electron chi connectivity index (χ2n) is 3.33. The second-order valence-corrected chi connectivity index (χ2v) is 3.33. The van der Waals surface area contributed by atoms with Gasteiger partial charge in [-0.3, -0.25) is 19.2 Å². The van der Waals surface area contributed by atoms with Crippen LogP contribution in [0.4, 0.5) is 0 Å². The number of aliphatic carboxylic acids is 4. The minimum Gasteiger partial charge on any atom is -0.507 e. The SMILES string of the molecule is [N-]=[N+](CC(C(=O)O)C(=O)O)CC(C(=O)O)C(=O)O. The summed E-state index contributed by atoms with van der Waals surface area (Å²) < 4.78 is 0.0415. The van der Waals surface area contributed by atoms with Gasteiger partial charge in [0.05, 0.1) is 0 Å². The molecule has 4 N–H and O–H groups in total. The number of carbonyl (C=O) groups is 4. The fraction of sp³-hybridized carbons (Fsp3) is 0.500. The number of hydrogen-bond donors (Lipinski definition) is 4. The largest absolute Gasteiger partial charge is 0.507 e. The zero-order valence-electron chi connectivity index (χ0n) is 8.89. The summed E-state index contributed by atoms with van der Waals surface area (Å²) in [6.07, 6.45) is 0. The van der Waals surface area contributed by atoms with Crippen LogP contribution in [0, 0.1) is 11.8 Å². The van der Waals surface area contributed by atoms with E-state index >= 15 is 0 Å². The maximum absolute atomic E-state index is 10.5. The van der Waals surface area contributed by atoms with Crippen LogP contribution in [0.1, 0.15) is 0 Å². The fourth-order valence-electron chi connectivity index (χ4n) is 1.02. The van der Waals surface area contributed by atoms with Crippen LogP contribution >= 0.6 is 0 Å². The molecule has 0 aromatic carbocycles. The predicted octanol–water partition coefficient (Wildman–Crippen LogP) is -1.41. The van der Waals surface area contributed by atoms with E-state index in [1.165, 1.54) is 0 Å². The van der Waals surface area contributed by atoms with E-state index in [0.29, 0.717) is 0 Å². The Bertz CT molecular complexity index is 340. The van der Waals surface area contributed by atoms with Crippen molar-refractivity contribution in [3.63, 3.8) is 0 Å². The molecule has 0 saturated heterocycles. The maximum Gasteiger partial charge on any atom is 0.324 e. The van der Waals surface area contributed by atoms with Crippen LogP contribution in [-0.2, 0) is 19.2 Å². The van der Waals surface area contributed by atoms with Gasteiger partial charge in [0.2, 0.25) is 11.8 Å².